The minimum absolute atomic E-state index is 0.0131. The highest BCUT2D eigenvalue weighted by atomic mass is 32.2. The summed E-state index contributed by atoms with van der Waals surface area (Å²) in [6, 6.07) is 13.8. The van der Waals surface area contributed by atoms with Gasteiger partial charge in [0.2, 0.25) is 11.7 Å². The minimum Gasteiger partial charge on any atom is -0.341 e. The molecule has 2 heterocycles. The number of benzene rings is 2. The third-order valence-corrected chi connectivity index (χ3v) is 6.98. The van der Waals surface area contributed by atoms with Gasteiger partial charge in [0, 0.05) is 20.1 Å². The van der Waals surface area contributed by atoms with Crippen LogP contribution in [0.15, 0.2) is 52.4 Å². The summed E-state index contributed by atoms with van der Waals surface area (Å²) in [6.07, 6.45) is 0.866. The fourth-order valence-corrected chi connectivity index (χ4v) is 4.90. The smallest absolute Gasteiger partial charge is 0.262 e. The molecule has 0 fully saturated rings. The third kappa shape index (κ3) is 4.87. The summed E-state index contributed by atoms with van der Waals surface area (Å²) in [5.41, 5.74) is 4.23. The van der Waals surface area contributed by atoms with E-state index in [-0.39, 0.29) is 17.2 Å². The number of carbonyl (C=O) groups excluding carboxylic acids is 1. The standard InChI is InChI=1S/C26H31N5O2S/c1-17(2)12-13-30-24(33)21-8-6-7-9-22(21)31-25(30)27-28-26(31)34-16-23(32)29(5)15-20-11-10-18(3)14-19(20)4/h6-11,14,17H,12-13,15-16H2,1-5H3. The molecule has 1 amide bonds. The monoisotopic (exact) mass is 477 g/mol. The lowest BCUT2D eigenvalue weighted by Crippen LogP contribution is -2.28. The molecule has 4 aromatic rings. The van der Waals surface area contributed by atoms with Gasteiger partial charge < -0.3 is 4.90 Å². The summed E-state index contributed by atoms with van der Waals surface area (Å²) < 4.78 is 3.60. The molecule has 0 spiro atoms. The molecule has 0 aliphatic rings. The lowest BCUT2D eigenvalue weighted by Gasteiger charge is -2.18. The highest BCUT2D eigenvalue weighted by Gasteiger charge is 2.19. The average molecular weight is 478 g/mol. The van der Waals surface area contributed by atoms with Crippen molar-refractivity contribution >= 4 is 34.3 Å². The summed E-state index contributed by atoms with van der Waals surface area (Å²) in [6.45, 7) is 9.54. The molecule has 4 rings (SSSR count). The maximum Gasteiger partial charge on any atom is 0.262 e. The SMILES string of the molecule is Cc1ccc(CN(C)C(=O)CSc2nnc3n(CCC(C)C)c(=O)c4ccccc4n23)c(C)c1. The number of thioether (sulfide) groups is 1. The van der Waals surface area contributed by atoms with Crippen LogP contribution in [-0.4, -0.2) is 42.8 Å². The average Bonchev–Trinajstić information content (AvgIpc) is 3.23. The molecule has 0 saturated heterocycles. The van der Waals surface area contributed by atoms with Gasteiger partial charge in [-0.25, -0.2) is 0 Å². The summed E-state index contributed by atoms with van der Waals surface area (Å²) in [5, 5.41) is 9.94. The van der Waals surface area contributed by atoms with Gasteiger partial charge in [0.25, 0.3) is 5.56 Å². The summed E-state index contributed by atoms with van der Waals surface area (Å²) in [7, 11) is 1.82. The van der Waals surface area contributed by atoms with Crippen LogP contribution in [0, 0.1) is 19.8 Å². The third-order valence-electron chi connectivity index (χ3n) is 6.06. The van der Waals surface area contributed by atoms with Crippen molar-refractivity contribution in [3.8, 4) is 0 Å². The first-order valence-corrected chi connectivity index (χ1v) is 12.5. The number of hydrogen-bond donors (Lipinski definition) is 0. The van der Waals surface area contributed by atoms with Crippen molar-refractivity contribution in [1.29, 1.82) is 0 Å². The zero-order valence-corrected chi connectivity index (χ0v) is 21.2. The molecule has 0 radical (unpaired) electrons. The van der Waals surface area contributed by atoms with Crippen LogP contribution in [0.2, 0.25) is 0 Å². The van der Waals surface area contributed by atoms with E-state index in [4.69, 9.17) is 0 Å². The van der Waals surface area contributed by atoms with E-state index in [1.54, 1.807) is 9.47 Å². The fraction of sp³-hybridized carbons (Fsp3) is 0.385. The van der Waals surface area contributed by atoms with Crippen LogP contribution < -0.4 is 5.56 Å². The van der Waals surface area contributed by atoms with Crippen LogP contribution in [0.3, 0.4) is 0 Å². The Balaban J connectivity index is 1.60. The first kappa shape index (κ1) is 24.0. The fourth-order valence-electron chi connectivity index (χ4n) is 4.02. The van der Waals surface area contributed by atoms with Gasteiger partial charge in [-0.3, -0.25) is 18.6 Å². The van der Waals surface area contributed by atoms with Crippen molar-refractivity contribution in [3.05, 3.63) is 69.5 Å². The largest absolute Gasteiger partial charge is 0.341 e. The van der Waals surface area contributed by atoms with Gasteiger partial charge in [-0.05, 0) is 49.4 Å². The maximum atomic E-state index is 13.2. The van der Waals surface area contributed by atoms with E-state index in [1.807, 2.05) is 35.7 Å². The second kappa shape index (κ2) is 10.0. The van der Waals surface area contributed by atoms with Gasteiger partial charge in [-0.15, -0.1) is 10.2 Å². The number of aromatic nitrogens is 4. The molecule has 34 heavy (non-hydrogen) atoms. The van der Waals surface area contributed by atoms with E-state index in [9.17, 15) is 9.59 Å². The number of carbonyl (C=O) groups is 1. The first-order chi connectivity index (χ1) is 16.3. The zero-order chi connectivity index (χ0) is 24.4. The second-order valence-corrected chi connectivity index (χ2v) is 10.2. The molecule has 0 atom stereocenters. The normalized spacial score (nSPS) is 11.6. The van der Waals surface area contributed by atoms with Gasteiger partial charge in [0.05, 0.1) is 16.7 Å². The molecular formula is C26H31N5O2S. The van der Waals surface area contributed by atoms with Crippen LogP contribution in [0.1, 0.15) is 37.0 Å². The summed E-state index contributed by atoms with van der Waals surface area (Å²) in [5.74, 6) is 1.23. The Morgan fingerprint density at radius 3 is 2.62 bits per heavy atom. The van der Waals surface area contributed by atoms with Crippen molar-refractivity contribution in [2.75, 3.05) is 12.8 Å². The number of para-hydroxylation sites is 1. The Labute approximate surface area is 203 Å². The van der Waals surface area contributed by atoms with Crippen LogP contribution in [0.4, 0.5) is 0 Å². The Hall–Kier alpha value is -3.13. The van der Waals surface area contributed by atoms with Crippen LogP contribution in [0.25, 0.3) is 16.7 Å². The van der Waals surface area contributed by atoms with E-state index in [0.29, 0.717) is 35.3 Å². The number of amides is 1. The van der Waals surface area contributed by atoms with Gasteiger partial charge in [0.15, 0.2) is 5.16 Å². The van der Waals surface area contributed by atoms with Gasteiger partial charge in [-0.2, -0.15) is 0 Å². The Kier molecular flexibility index (Phi) is 7.07. The quantitative estimate of drug-likeness (QED) is 0.351. The molecule has 178 valence electrons. The Morgan fingerprint density at radius 2 is 1.88 bits per heavy atom. The molecule has 2 aromatic carbocycles. The maximum absolute atomic E-state index is 13.2. The number of nitrogens with zero attached hydrogens (tertiary/aromatic N) is 5. The van der Waals surface area contributed by atoms with Gasteiger partial charge >= 0.3 is 0 Å². The number of aryl methyl sites for hydroxylation is 3. The molecule has 8 heteroatoms. The number of rotatable bonds is 8. The molecule has 0 bridgehead atoms. The predicted octanol–water partition coefficient (Wildman–Crippen LogP) is 4.46. The summed E-state index contributed by atoms with van der Waals surface area (Å²) in [4.78, 5) is 27.8. The molecule has 0 unspecified atom stereocenters. The minimum atomic E-state index is -0.0584. The topological polar surface area (TPSA) is 72.5 Å². The molecule has 0 aliphatic carbocycles. The van der Waals surface area contributed by atoms with Crippen LogP contribution >= 0.6 is 11.8 Å². The Morgan fingerprint density at radius 1 is 1.12 bits per heavy atom. The van der Waals surface area contributed by atoms with E-state index in [2.05, 4.69) is 56.1 Å². The van der Waals surface area contributed by atoms with Crippen molar-refractivity contribution < 1.29 is 4.79 Å². The van der Waals surface area contributed by atoms with Crippen LogP contribution in [0.5, 0.6) is 0 Å². The van der Waals surface area contributed by atoms with E-state index in [0.717, 1.165) is 17.5 Å². The van der Waals surface area contributed by atoms with Crippen molar-refractivity contribution in [2.45, 2.75) is 52.4 Å². The van der Waals surface area contributed by atoms with Crippen molar-refractivity contribution in [3.63, 3.8) is 0 Å². The highest BCUT2D eigenvalue weighted by Crippen LogP contribution is 2.23. The predicted molar refractivity (Wildman–Crippen MR) is 137 cm³/mol. The lowest BCUT2D eigenvalue weighted by atomic mass is 10.1. The first-order valence-electron chi connectivity index (χ1n) is 11.6. The van der Waals surface area contributed by atoms with E-state index >= 15 is 0 Å². The molecular weight excluding hydrogens is 446 g/mol. The van der Waals surface area contributed by atoms with Crippen molar-refractivity contribution in [2.24, 2.45) is 5.92 Å². The molecule has 7 nitrogen and oxygen atoms in total. The molecule has 0 saturated carbocycles. The van der Waals surface area contributed by atoms with Gasteiger partial charge in [-0.1, -0.05) is 61.5 Å². The number of fused-ring (bicyclic) bond motifs is 3. The van der Waals surface area contributed by atoms with E-state index in [1.165, 1.54) is 22.9 Å². The molecule has 0 N–H and O–H groups in total. The number of hydrogen-bond acceptors (Lipinski definition) is 5. The summed E-state index contributed by atoms with van der Waals surface area (Å²) >= 11 is 1.35. The molecule has 0 aliphatic heterocycles. The lowest BCUT2D eigenvalue weighted by molar-refractivity contribution is -0.127. The van der Waals surface area contributed by atoms with Crippen molar-refractivity contribution in [1.82, 2.24) is 24.1 Å². The zero-order valence-electron chi connectivity index (χ0n) is 20.4. The van der Waals surface area contributed by atoms with Crippen LogP contribution in [-0.2, 0) is 17.9 Å². The Bertz CT molecular complexity index is 1410. The molecule has 2 aromatic heterocycles. The van der Waals surface area contributed by atoms with E-state index < -0.39 is 0 Å². The van der Waals surface area contributed by atoms with Gasteiger partial charge in [0.1, 0.15) is 0 Å². The highest BCUT2D eigenvalue weighted by molar-refractivity contribution is 7.99. The second-order valence-electron chi connectivity index (χ2n) is 9.24.